The van der Waals surface area contributed by atoms with Crippen LogP contribution in [0.2, 0.25) is 0 Å². The maximum Gasteiger partial charge on any atom is 0.338 e. The second kappa shape index (κ2) is 11.0. The number of nitrogens with one attached hydrogen (secondary N) is 2. The third-order valence-electron chi connectivity index (χ3n) is 4.99. The number of benzene rings is 2. The van der Waals surface area contributed by atoms with E-state index in [9.17, 15) is 34.8 Å². The molecule has 1 heterocycles. The Kier molecular flexibility index (Phi) is 8.09. The largest absolute Gasteiger partial charge is 0.457 e. The number of urea groups is 1. The van der Waals surface area contributed by atoms with E-state index < -0.39 is 55.2 Å². The van der Waals surface area contributed by atoms with Gasteiger partial charge in [0.2, 0.25) is 0 Å². The van der Waals surface area contributed by atoms with Gasteiger partial charge >= 0.3 is 12.0 Å². The number of carbonyl (C=O) groups is 3. The summed E-state index contributed by atoms with van der Waals surface area (Å²) >= 11 is 0. The Morgan fingerprint density at radius 3 is 2.15 bits per heavy atom. The molecule has 0 aliphatic carbocycles. The van der Waals surface area contributed by atoms with Crippen LogP contribution in [0.15, 0.2) is 54.6 Å². The van der Waals surface area contributed by atoms with E-state index in [0.29, 0.717) is 0 Å². The molecular formula is C22H24N2O9. The smallest absolute Gasteiger partial charge is 0.338 e. The molecule has 0 aromatic heterocycles. The van der Waals surface area contributed by atoms with Crippen LogP contribution in [0.1, 0.15) is 26.3 Å². The third kappa shape index (κ3) is 6.12. The van der Waals surface area contributed by atoms with Crippen molar-refractivity contribution < 1.29 is 44.3 Å². The molecule has 6 N–H and O–H groups in total. The van der Waals surface area contributed by atoms with E-state index in [0.717, 1.165) is 5.56 Å². The lowest BCUT2D eigenvalue weighted by Crippen LogP contribution is -2.64. The summed E-state index contributed by atoms with van der Waals surface area (Å²) < 4.78 is 10.4. The van der Waals surface area contributed by atoms with Crippen LogP contribution in [0.5, 0.6) is 0 Å². The van der Waals surface area contributed by atoms with Crippen LogP contribution in [-0.4, -0.2) is 75.6 Å². The number of ether oxygens (including phenoxy) is 2. The minimum atomic E-state index is -1.69. The number of hydrogen-bond acceptors (Lipinski definition) is 9. The predicted molar refractivity (Wildman–Crippen MR) is 112 cm³/mol. The van der Waals surface area contributed by atoms with Crippen LogP contribution in [-0.2, 0) is 16.1 Å². The van der Waals surface area contributed by atoms with E-state index in [1.54, 1.807) is 0 Å². The quantitative estimate of drug-likeness (QED) is 0.304. The zero-order valence-corrected chi connectivity index (χ0v) is 17.3. The summed E-state index contributed by atoms with van der Waals surface area (Å²) in [5.74, 6) is -1.38. The maximum atomic E-state index is 12.3. The lowest BCUT2D eigenvalue weighted by atomic mass is 9.98. The molecular weight excluding hydrogens is 436 g/mol. The van der Waals surface area contributed by atoms with Gasteiger partial charge in [0.1, 0.15) is 31.0 Å². The minimum Gasteiger partial charge on any atom is -0.457 e. The van der Waals surface area contributed by atoms with Gasteiger partial charge in [-0.3, -0.25) is 10.1 Å². The monoisotopic (exact) mass is 460 g/mol. The summed E-state index contributed by atoms with van der Waals surface area (Å²) in [5, 5.41) is 42.8. The molecule has 2 aromatic carbocycles. The summed E-state index contributed by atoms with van der Waals surface area (Å²) in [6, 6.07) is 13.5. The van der Waals surface area contributed by atoms with E-state index in [1.165, 1.54) is 24.3 Å². The van der Waals surface area contributed by atoms with E-state index in [2.05, 4.69) is 5.32 Å². The summed E-state index contributed by atoms with van der Waals surface area (Å²) in [6.45, 7) is -0.566. The Labute approximate surface area is 188 Å². The number of imide groups is 1. The van der Waals surface area contributed by atoms with Gasteiger partial charge in [0.25, 0.3) is 5.91 Å². The number of carbonyl (C=O) groups excluding carboxylic acids is 3. The van der Waals surface area contributed by atoms with E-state index in [1.807, 2.05) is 35.6 Å². The molecule has 33 heavy (non-hydrogen) atoms. The van der Waals surface area contributed by atoms with Crippen LogP contribution < -0.4 is 10.6 Å². The third-order valence-corrected chi connectivity index (χ3v) is 4.99. The Morgan fingerprint density at radius 2 is 1.52 bits per heavy atom. The number of aliphatic hydroxyl groups is 4. The highest BCUT2D eigenvalue weighted by atomic mass is 16.6. The molecule has 0 bridgehead atoms. The Morgan fingerprint density at radius 1 is 0.879 bits per heavy atom. The molecule has 176 valence electrons. The molecule has 0 saturated carbocycles. The summed E-state index contributed by atoms with van der Waals surface area (Å²) in [7, 11) is 0. The van der Waals surface area contributed by atoms with Crippen molar-refractivity contribution in [2.75, 3.05) is 6.61 Å². The lowest BCUT2D eigenvalue weighted by Gasteiger charge is -2.39. The highest BCUT2D eigenvalue weighted by Gasteiger charge is 2.44. The van der Waals surface area contributed by atoms with Crippen LogP contribution in [0.3, 0.4) is 0 Å². The van der Waals surface area contributed by atoms with Gasteiger partial charge in [-0.2, -0.15) is 0 Å². The van der Waals surface area contributed by atoms with Crippen LogP contribution in [0, 0.1) is 0 Å². The van der Waals surface area contributed by atoms with E-state index in [-0.39, 0.29) is 17.7 Å². The molecule has 0 unspecified atom stereocenters. The Hall–Kier alpha value is -3.35. The molecule has 11 nitrogen and oxygen atoms in total. The molecule has 0 radical (unpaired) electrons. The molecule has 1 aliphatic heterocycles. The molecule has 11 heteroatoms. The van der Waals surface area contributed by atoms with Gasteiger partial charge in [0.05, 0.1) is 12.2 Å². The number of hydrogen-bond donors (Lipinski definition) is 6. The van der Waals surface area contributed by atoms with Crippen molar-refractivity contribution in [2.45, 2.75) is 37.3 Å². The molecule has 2 aromatic rings. The van der Waals surface area contributed by atoms with Crippen LogP contribution in [0.4, 0.5) is 4.79 Å². The first-order valence-electron chi connectivity index (χ1n) is 10.0. The van der Waals surface area contributed by atoms with Crippen molar-refractivity contribution in [3.63, 3.8) is 0 Å². The van der Waals surface area contributed by atoms with Crippen molar-refractivity contribution in [2.24, 2.45) is 0 Å². The number of esters is 1. The normalized spacial score (nSPS) is 24.5. The standard InChI is InChI=1S/C22H24N2O9/c25-10-15-16(26)17(27)18(28)20(33-15)24-22(31)23-19(29)13-6-8-14(9-7-13)21(30)32-11-12-4-2-1-3-5-12/h1-9,15-18,20,25-28H,10-11H2,(H2,23,24,29,31)/t15-,16-,17+,18-,20-/m1/s1. The van der Waals surface area contributed by atoms with Gasteiger partial charge < -0.3 is 35.2 Å². The van der Waals surface area contributed by atoms with Gasteiger partial charge in [-0.05, 0) is 29.8 Å². The lowest BCUT2D eigenvalue weighted by molar-refractivity contribution is -0.233. The molecule has 3 amide bonds. The van der Waals surface area contributed by atoms with Crippen molar-refractivity contribution >= 4 is 17.9 Å². The van der Waals surface area contributed by atoms with Crippen LogP contribution in [0.25, 0.3) is 0 Å². The molecule has 1 aliphatic rings. The maximum absolute atomic E-state index is 12.3. The first-order chi connectivity index (χ1) is 15.8. The average Bonchev–Trinajstić information content (AvgIpc) is 2.83. The second-order valence-corrected chi connectivity index (χ2v) is 7.32. The van der Waals surface area contributed by atoms with Gasteiger partial charge in [-0.1, -0.05) is 30.3 Å². The number of aliphatic hydroxyl groups excluding tert-OH is 4. The second-order valence-electron chi connectivity index (χ2n) is 7.32. The highest BCUT2D eigenvalue weighted by Crippen LogP contribution is 2.19. The average molecular weight is 460 g/mol. The first kappa shape index (κ1) is 24.3. The molecule has 3 rings (SSSR count). The first-order valence-corrected chi connectivity index (χ1v) is 10.0. The van der Waals surface area contributed by atoms with Crippen molar-refractivity contribution in [3.8, 4) is 0 Å². The van der Waals surface area contributed by atoms with Crippen molar-refractivity contribution in [1.82, 2.24) is 10.6 Å². The summed E-state index contributed by atoms with van der Waals surface area (Å²) in [6.07, 6.45) is -7.63. The Balaban J connectivity index is 1.52. The van der Waals surface area contributed by atoms with Crippen molar-refractivity contribution in [3.05, 3.63) is 71.3 Å². The summed E-state index contributed by atoms with van der Waals surface area (Å²) in [5.41, 5.74) is 1.11. The predicted octanol–water partition coefficient (Wildman–Crippen LogP) is -0.717. The SMILES string of the molecule is O=C(NC(=O)c1ccc(C(=O)OCc2ccccc2)cc1)N[C@@H]1O[C@H](CO)[C@@H](O)[C@H](O)[C@H]1O. The molecule has 1 saturated heterocycles. The summed E-state index contributed by atoms with van der Waals surface area (Å²) in [4.78, 5) is 36.5. The number of amides is 3. The van der Waals surface area contributed by atoms with Gasteiger partial charge in [0, 0.05) is 5.56 Å². The van der Waals surface area contributed by atoms with E-state index in [4.69, 9.17) is 9.47 Å². The molecule has 5 atom stereocenters. The molecule has 1 fully saturated rings. The fourth-order valence-corrected chi connectivity index (χ4v) is 3.13. The topological polar surface area (TPSA) is 175 Å². The van der Waals surface area contributed by atoms with Crippen molar-refractivity contribution in [1.29, 1.82) is 0 Å². The van der Waals surface area contributed by atoms with Gasteiger partial charge in [-0.15, -0.1) is 0 Å². The van der Waals surface area contributed by atoms with Gasteiger partial charge in [0.15, 0.2) is 6.23 Å². The zero-order valence-electron chi connectivity index (χ0n) is 17.3. The number of rotatable bonds is 6. The zero-order chi connectivity index (χ0) is 24.0. The fraction of sp³-hybridized carbons (Fsp3) is 0.318. The van der Waals surface area contributed by atoms with E-state index >= 15 is 0 Å². The van der Waals surface area contributed by atoms with Gasteiger partial charge in [-0.25, -0.2) is 9.59 Å². The molecule has 0 spiro atoms. The fourth-order valence-electron chi connectivity index (χ4n) is 3.13. The minimum absolute atomic E-state index is 0.0681. The highest BCUT2D eigenvalue weighted by molar-refractivity contribution is 6.04. The van der Waals surface area contributed by atoms with Crippen LogP contribution >= 0.6 is 0 Å². The Bertz CT molecular complexity index is 966.